The van der Waals surface area contributed by atoms with Crippen molar-refractivity contribution in [2.24, 2.45) is 4.99 Å². The Kier molecular flexibility index (Phi) is 3.53. The number of aromatic amines is 1. The standard InChI is InChI=1S/C14H13ClN6/c1-21(2)8-18-13-11-12(9-3-5-10(15)6-4-9)19-20-14(11)17-7-16-13/h3-8H,1-2H3,(H,16,17,19,20)/b18-8+. The molecule has 7 heteroatoms. The predicted molar refractivity (Wildman–Crippen MR) is 84.0 cm³/mol. The van der Waals surface area contributed by atoms with Gasteiger partial charge in [-0.15, -0.1) is 0 Å². The third kappa shape index (κ3) is 2.71. The first-order valence-corrected chi connectivity index (χ1v) is 6.68. The fourth-order valence-corrected chi connectivity index (χ4v) is 2.05. The quantitative estimate of drug-likeness (QED) is 0.596. The molecule has 0 spiro atoms. The van der Waals surface area contributed by atoms with Crippen LogP contribution in [0.3, 0.4) is 0 Å². The molecule has 3 aromatic rings. The van der Waals surface area contributed by atoms with Crippen molar-refractivity contribution < 1.29 is 0 Å². The van der Waals surface area contributed by atoms with Crippen LogP contribution in [0.1, 0.15) is 0 Å². The highest BCUT2D eigenvalue weighted by Crippen LogP contribution is 2.31. The second kappa shape index (κ2) is 5.49. The third-order valence-corrected chi connectivity index (χ3v) is 3.12. The molecular formula is C14H13ClN6. The highest BCUT2D eigenvalue weighted by atomic mass is 35.5. The average Bonchev–Trinajstić information content (AvgIpc) is 2.90. The highest BCUT2D eigenvalue weighted by Gasteiger charge is 2.13. The van der Waals surface area contributed by atoms with Gasteiger partial charge in [0.05, 0.1) is 11.7 Å². The SMILES string of the molecule is CN(C)/C=N/c1ncnc2[nH]nc(-c3ccc(Cl)cc3)c12. The number of halogens is 1. The summed E-state index contributed by atoms with van der Waals surface area (Å²) < 4.78 is 0. The number of rotatable bonds is 3. The lowest BCUT2D eigenvalue weighted by Gasteiger charge is -2.03. The maximum atomic E-state index is 5.93. The van der Waals surface area contributed by atoms with Crippen molar-refractivity contribution in [1.29, 1.82) is 0 Å². The molecule has 0 atom stereocenters. The van der Waals surface area contributed by atoms with Crippen molar-refractivity contribution in [3.8, 4) is 11.3 Å². The van der Waals surface area contributed by atoms with Crippen LogP contribution in [0.25, 0.3) is 22.3 Å². The first-order valence-electron chi connectivity index (χ1n) is 6.31. The van der Waals surface area contributed by atoms with Crippen LogP contribution < -0.4 is 0 Å². The van der Waals surface area contributed by atoms with Gasteiger partial charge in [0.25, 0.3) is 0 Å². The summed E-state index contributed by atoms with van der Waals surface area (Å²) in [6.45, 7) is 0. The maximum absolute atomic E-state index is 5.93. The summed E-state index contributed by atoms with van der Waals surface area (Å²) in [5.74, 6) is 0.576. The van der Waals surface area contributed by atoms with Crippen LogP contribution in [0.2, 0.25) is 5.02 Å². The monoisotopic (exact) mass is 300 g/mol. The molecule has 1 N–H and O–H groups in total. The molecule has 0 amide bonds. The summed E-state index contributed by atoms with van der Waals surface area (Å²) in [5, 5.41) is 8.70. The van der Waals surface area contributed by atoms with Crippen molar-refractivity contribution in [2.45, 2.75) is 0 Å². The van der Waals surface area contributed by atoms with Crippen LogP contribution in [0, 0.1) is 0 Å². The Morgan fingerprint density at radius 1 is 1.19 bits per heavy atom. The van der Waals surface area contributed by atoms with Crippen molar-refractivity contribution >= 4 is 34.8 Å². The van der Waals surface area contributed by atoms with E-state index in [2.05, 4.69) is 25.2 Å². The van der Waals surface area contributed by atoms with Crippen LogP contribution in [0.4, 0.5) is 5.82 Å². The summed E-state index contributed by atoms with van der Waals surface area (Å²) >= 11 is 5.93. The van der Waals surface area contributed by atoms with Crippen LogP contribution in [-0.4, -0.2) is 45.5 Å². The Labute approximate surface area is 126 Å². The van der Waals surface area contributed by atoms with E-state index in [1.54, 1.807) is 6.34 Å². The topological polar surface area (TPSA) is 70.1 Å². The van der Waals surface area contributed by atoms with E-state index in [0.29, 0.717) is 16.5 Å². The van der Waals surface area contributed by atoms with Gasteiger partial charge in [-0.1, -0.05) is 23.7 Å². The highest BCUT2D eigenvalue weighted by molar-refractivity contribution is 6.30. The van der Waals surface area contributed by atoms with E-state index in [1.165, 1.54) is 6.33 Å². The van der Waals surface area contributed by atoms with Crippen LogP contribution in [0.15, 0.2) is 35.6 Å². The summed E-state index contributed by atoms with van der Waals surface area (Å²) in [7, 11) is 3.80. The van der Waals surface area contributed by atoms with Crippen molar-refractivity contribution in [2.75, 3.05) is 14.1 Å². The lowest BCUT2D eigenvalue weighted by molar-refractivity contribution is 0.643. The first-order chi connectivity index (χ1) is 10.1. The number of nitrogens with zero attached hydrogens (tertiary/aromatic N) is 5. The Hall–Kier alpha value is -2.47. The number of aromatic nitrogens is 4. The number of hydrogen-bond acceptors (Lipinski definition) is 4. The van der Waals surface area contributed by atoms with E-state index in [-0.39, 0.29) is 0 Å². The van der Waals surface area contributed by atoms with Gasteiger partial charge in [0.1, 0.15) is 12.0 Å². The minimum atomic E-state index is 0.576. The van der Waals surface area contributed by atoms with Gasteiger partial charge in [0.2, 0.25) is 0 Å². The maximum Gasteiger partial charge on any atom is 0.168 e. The molecule has 0 bridgehead atoms. The Balaban J connectivity index is 2.17. The molecule has 0 unspecified atom stereocenters. The minimum Gasteiger partial charge on any atom is -0.369 e. The second-order valence-electron chi connectivity index (χ2n) is 4.71. The lowest BCUT2D eigenvalue weighted by atomic mass is 10.1. The molecule has 0 aliphatic carbocycles. The van der Waals surface area contributed by atoms with Crippen LogP contribution in [0.5, 0.6) is 0 Å². The largest absolute Gasteiger partial charge is 0.369 e. The average molecular weight is 301 g/mol. The van der Waals surface area contributed by atoms with Crippen molar-refractivity contribution in [1.82, 2.24) is 25.1 Å². The fourth-order valence-electron chi connectivity index (χ4n) is 1.93. The zero-order chi connectivity index (χ0) is 14.8. The van der Waals surface area contributed by atoms with Gasteiger partial charge in [0.15, 0.2) is 11.5 Å². The molecule has 3 rings (SSSR count). The van der Waals surface area contributed by atoms with E-state index < -0.39 is 0 Å². The molecule has 0 aliphatic rings. The predicted octanol–water partition coefficient (Wildman–Crippen LogP) is 2.89. The van der Waals surface area contributed by atoms with Crippen molar-refractivity contribution in [3.63, 3.8) is 0 Å². The Bertz CT molecular complexity index is 791. The molecule has 2 aromatic heterocycles. The van der Waals surface area contributed by atoms with E-state index in [9.17, 15) is 0 Å². The van der Waals surface area contributed by atoms with Crippen molar-refractivity contribution in [3.05, 3.63) is 35.6 Å². The number of aliphatic imine (C=N–C) groups is 1. The molecule has 6 nitrogen and oxygen atoms in total. The van der Waals surface area contributed by atoms with E-state index in [1.807, 2.05) is 43.3 Å². The zero-order valence-electron chi connectivity index (χ0n) is 11.6. The van der Waals surface area contributed by atoms with Gasteiger partial charge < -0.3 is 4.90 Å². The van der Waals surface area contributed by atoms with Gasteiger partial charge in [-0.3, -0.25) is 5.10 Å². The van der Waals surface area contributed by atoms with Gasteiger partial charge in [-0.05, 0) is 12.1 Å². The zero-order valence-corrected chi connectivity index (χ0v) is 12.3. The molecule has 2 heterocycles. The van der Waals surface area contributed by atoms with Crippen LogP contribution >= 0.6 is 11.6 Å². The summed E-state index contributed by atoms with van der Waals surface area (Å²) in [4.78, 5) is 14.6. The van der Waals surface area contributed by atoms with Gasteiger partial charge in [-0.2, -0.15) is 5.10 Å². The molecule has 106 valence electrons. The number of fused-ring (bicyclic) bond motifs is 1. The number of hydrogen-bond donors (Lipinski definition) is 1. The second-order valence-corrected chi connectivity index (χ2v) is 5.14. The normalized spacial score (nSPS) is 11.4. The Morgan fingerprint density at radius 3 is 2.67 bits per heavy atom. The molecule has 21 heavy (non-hydrogen) atoms. The van der Waals surface area contributed by atoms with E-state index in [4.69, 9.17) is 11.6 Å². The number of nitrogens with one attached hydrogen (secondary N) is 1. The molecular weight excluding hydrogens is 288 g/mol. The summed E-state index contributed by atoms with van der Waals surface area (Å²) in [5.41, 5.74) is 2.34. The third-order valence-electron chi connectivity index (χ3n) is 2.87. The Morgan fingerprint density at radius 2 is 1.95 bits per heavy atom. The molecule has 0 saturated carbocycles. The molecule has 0 aliphatic heterocycles. The van der Waals surface area contributed by atoms with Crippen LogP contribution in [-0.2, 0) is 0 Å². The molecule has 1 aromatic carbocycles. The molecule has 0 fully saturated rings. The number of H-pyrrole nitrogens is 1. The van der Waals surface area contributed by atoms with Gasteiger partial charge in [-0.25, -0.2) is 15.0 Å². The lowest BCUT2D eigenvalue weighted by Crippen LogP contribution is -2.07. The summed E-state index contributed by atoms with van der Waals surface area (Å²) in [6, 6.07) is 7.46. The first kappa shape index (κ1) is 13.5. The van der Waals surface area contributed by atoms with E-state index >= 15 is 0 Å². The van der Waals surface area contributed by atoms with Gasteiger partial charge in [0, 0.05) is 24.7 Å². The fraction of sp³-hybridized carbons (Fsp3) is 0.143. The minimum absolute atomic E-state index is 0.576. The summed E-state index contributed by atoms with van der Waals surface area (Å²) in [6.07, 6.45) is 3.16. The molecule has 0 radical (unpaired) electrons. The molecule has 0 saturated heterocycles. The smallest absolute Gasteiger partial charge is 0.168 e. The van der Waals surface area contributed by atoms with E-state index in [0.717, 1.165) is 16.6 Å². The number of benzene rings is 1. The van der Waals surface area contributed by atoms with Gasteiger partial charge >= 0.3 is 0 Å².